The maximum Gasteiger partial charge on any atom is 0.311 e. The lowest BCUT2D eigenvalue weighted by Crippen LogP contribution is -2.61. The number of carbonyl (C=O) groups is 3. The van der Waals surface area contributed by atoms with Crippen LogP contribution >= 0.6 is 0 Å². The van der Waals surface area contributed by atoms with Crippen LogP contribution in [-0.4, -0.2) is 127 Å². The summed E-state index contributed by atoms with van der Waals surface area (Å²) in [5, 5.41) is 74.7. The normalized spacial score (nSPS) is 41.7. The summed E-state index contributed by atoms with van der Waals surface area (Å²) in [6.45, 7) is 5.51. The van der Waals surface area contributed by atoms with E-state index in [9.17, 15) is 50.1 Å². The molecule has 310 valence electrons. The van der Waals surface area contributed by atoms with Gasteiger partial charge in [0.1, 0.15) is 23.9 Å². The van der Waals surface area contributed by atoms with Gasteiger partial charge in [-0.25, -0.2) is 0 Å². The third-order valence-electron chi connectivity index (χ3n) is 10.3. The molecule has 0 aliphatic carbocycles. The fourth-order valence-corrected chi connectivity index (χ4v) is 6.89. The number of allylic oxidation sites excluding steroid dienone is 8. The van der Waals surface area contributed by atoms with Gasteiger partial charge in [0.15, 0.2) is 12.1 Å². The lowest BCUT2D eigenvalue weighted by atomic mass is 9.83. The van der Waals surface area contributed by atoms with Crippen molar-refractivity contribution in [2.75, 3.05) is 0 Å². The van der Waals surface area contributed by atoms with Crippen molar-refractivity contribution >= 4 is 17.7 Å². The summed E-state index contributed by atoms with van der Waals surface area (Å²) < 4.78 is 23.3. The number of nitrogens with two attached hydrogens (primary N) is 1. The maximum atomic E-state index is 12.6. The number of fused-ring (bicyclic) bond motifs is 2. The minimum absolute atomic E-state index is 0.0218. The van der Waals surface area contributed by atoms with Crippen molar-refractivity contribution in [3.8, 4) is 0 Å². The van der Waals surface area contributed by atoms with Crippen molar-refractivity contribution < 1.29 is 69.1 Å². The number of aliphatic hydroxyl groups excluding tert-OH is 5. The van der Waals surface area contributed by atoms with Crippen molar-refractivity contribution in [2.24, 2.45) is 17.6 Å². The van der Waals surface area contributed by atoms with E-state index in [1.807, 2.05) is 26.0 Å². The van der Waals surface area contributed by atoms with Gasteiger partial charge in [0.2, 0.25) is 0 Å². The number of carboxylic acid groups (broad SMARTS) is 1. The summed E-state index contributed by atoms with van der Waals surface area (Å²) in [6, 6.07) is -1.10. The van der Waals surface area contributed by atoms with Crippen molar-refractivity contribution in [1.29, 1.82) is 0 Å². The van der Waals surface area contributed by atoms with Gasteiger partial charge in [-0.15, -0.1) is 0 Å². The van der Waals surface area contributed by atoms with E-state index in [1.54, 1.807) is 55.5 Å². The van der Waals surface area contributed by atoms with Crippen LogP contribution in [0.2, 0.25) is 0 Å². The van der Waals surface area contributed by atoms with Gasteiger partial charge in [0.25, 0.3) is 0 Å². The third kappa shape index (κ3) is 15.1. The van der Waals surface area contributed by atoms with E-state index in [0.717, 1.165) is 6.42 Å². The molecule has 0 aromatic heterocycles. The molecule has 0 amide bonds. The Hall–Kier alpha value is -3.09. The zero-order valence-electron chi connectivity index (χ0n) is 31.9. The first-order valence-electron chi connectivity index (χ1n) is 19.2. The van der Waals surface area contributed by atoms with Crippen molar-refractivity contribution in [3.63, 3.8) is 0 Å². The van der Waals surface area contributed by atoms with E-state index in [-0.39, 0.29) is 50.2 Å². The molecule has 55 heavy (non-hydrogen) atoms. The van der Waals surface area contributed by atoms with Crippen LogP contribution in [0.1, 0.15) is 85.0 Å². The first-order chi connectivity index (χ1) is 26.0. The number of carboxylic acids is 1. The lowest BCUT2D eigenvalue weighted by molar-refractivity contribution is -0.308. The minimum atomic E-state index is -2.16. The second kappa shape index (κ2) is 22.6. The zero-order valence-corrected chi connectivity index (χ0v) is 31.9. The monoisotopic (exact) mass is 779 g/mol. The van der Waals surface area contributed by atoms with Crippen molar-refractivity contribution in [2.45, 2.75) is 158 Å². The number of esters is 1. The molecule has 2 fully saturated rings. The number of ketones is 1. The van der Waals surface area contributed by atoms with Gasteiger partial charge in [0.05, 0.1) is 55.2 Å². The summed E-state index contributed by atoms with van der Waals surface area (Å²) in [6.07, 6.45) is 5.42. The van der Waals surface area contributed by atoms with Crippen LogP contribution in [0.15, 0.2) is 60.8 Å². The largest absolute Gasteiger partial charge is 0.481 e. The summed E-state index contributed by atoms with van der Waals surface area (Å²) in [5.74, 6) is -5.93. The Morgan fingerprint density at radius 3 is 2.27 bits per heavy atom. The van der Waals surface area contributed by atoms with E-state index in [4.69, 9.17) is 24.7 Å². The van der Waals surface area contributed by atoms with Gasteiger partial charge in [-0.05, 0) is 25.7 Å². The highest BCUT2D eigenvalue weighted by Crippen LogP contribution is 2.38. The Morgan fingerprint density at radius 1 is 0.964 bits per heavy atom. The Balaban J connectivity index is 1.88. The van der Waals surface area contributed by atoms with Crippen LogP contribution in [0.5, 0.6) is 0 Å². The first-order valence-corrected chi connectivity index (χ1v) is 19.2. The standard InChI is InChI=1S/C40H61NO14/c1-4-24(2)31-18-13-11-9-7-5-6-8-10-12-17-29(53-39-37(48)35(41)36(47)25(3)52-39)21-32-34(38(49)50)30(45)23-40(51,55-32)22-27(43)16-14-15-26(42)19-28(44)20-33(46)54-31/h5-13,17,24-25,27-32,34-37,39,43-45,47-48,51H,4,14-16,18-23,41H2,1-3H3,(H,49,50)/b6-5+,9-7+,10-8+,13-11+,17-12+. The molecular weight excluding hydrogens is 718 g/mol. The predicted octanol–water partition coefficient (Wildman–Crippen LogP) is 1.87. The van der Waals surface area contributed by atoms with E-state index >= 15 is 0 Å². The summed E-state index contributed by atoms with van der Waals surface area (Å²) in [4.78, 5) is 37.6. The molecule has 0 aromatic carbocycles. The number of hydrogen-bond donors (Lipinski definition) is 8. The maximum absolute atomic E-state index is 12.6. The Labute approximate surface area is 322 Å². The molecule has 15 nitrogen and oxygen atoms in total. The van der Waals surface area contributed by atoms with E-state index in [1.165, 1.54) is 0 Å². The summed E-state index contributed by atoms with van der Waals surface area (Å²) >= 11 is 0. The highest BCUT2D eigenvalue weighted by atomic mass is 16.7. The molecule has 0 saturated carbocycles. The van der Waals surface area contributed by atoms with Crippen LogP contribution < -0.4 is 5.73 Å². The highest BCUT2D eigenvalue weighted by Gasteiger charge is 2.50. The number of rotatable bonds is 5. The van der Waals surface area contributed by atoms with E-state index in [0.29, 0.717) is 6.42 Å². The Morgan fingerprint density at radius 2 is 1.62 bits per heavy atom. The molecule has 2 saturated heterocycles. The summed E-state index contributed by atoms with van der Waals surface area (Å²) in [5.41, 5.74) is 6.00. The second-order valence-electron chi connectivity index (χ2n) is 14.9. The fourth-order valence-electron chi connectivity index (χ4n) is 6.89. The van der Waals surface area contributed by atoms with Gasteiger partial charge in [0, 0.05) is 38.5 Å². The molecule has 14 unspecified atom stereocenters. The average molecular weight is 780 g/mol. The zero-order chi connectivity index (χ0) is 40.7. The van der Waals surface area contributed by atoms with Crippen LogP contribution in [0.3, 0.4) is 0 Å². The first kappa shape index (κ1) is 46.3. The number of aliphatic hydroxyl groups is 6. The smallest absolute Gasteiger partial charge is 0.311 e. The van der Waals surface area contributed by atoms with Gasteiger partial charge in [-0.1, -0.05) is 81.0 Å². The predicted molar refractivity (Wildman–Crippen MR) is 200 cm³/mol. The third-order valence-corrected chi connectivity index (χ3v) is 10.3. The minimum Gasteiger partial charge on any atom is -0.481 e. The number of aliphatic carboxylic acids is 1. The van der Waals surface area contributed by atoms with Gasteiger partial charge in [-0.2, -0.15) is 0 Å². The fraction of sp³-hybridized carbons (Fsp3) is 0.675. The number of Topliss-reactive ketones (excluding diaryl/α,β-unsaturated/α-hetero) is 1. The molecular formula is C40H61NO14. The molecule has 3 rings (SSSR count). The summed E-state index contributed by atoms with van der Waals surface area (Å²) in [7, 11) is 0. The van der Waals surface area contributed by atoms with Crippen LogP contribution in [-0.2, 0) is 33.3 Å². The Kier molecular flexibility index (Phi) is 19.0. The number of hydrogen-bond acceptors (Lipinski definition) is 14. The SMILES string of the molecule is CCC(C)C1C/C=C/C=C/C=C/C=C/C=C/C(OC2OC(C)C(O)C(N)C2O)CC2OC(O)(CC(O)CCCC(=O)CC(O)CC(=O)O1)CC(O)C2C(=O)O. The van der Waals surface area contributed by atoms with E-state index < -0.39 is 104 Å². The van der Waals surface area contributed by atoms with Gasteiger partial charge >= 0.3 is 11.9 Å². The van der Waals surface area contributed by atoms with E-state index in [2.05, 4.69) is 0 Å². The average Bonchev–Trinajstić information content (AvgIpc) is 3.09. The molecule has 9 N–H and O–H groups in total. The van der Waals surface area contributed by atoms with Crippen LogP contribution in [0.4, 0.5) is 0 Å². The molecule has 3 aliphatic heterocycles. The second-order valence-corrected chi connectivity index (χ2v) is 14.9. The van der Waals surface area contributed by atoms with Gasteiger partial charge < -0.3 is 60.4 Å². The molecule has 0 spiro atoms. The molecule has 0 radical (unpaired) electrons. The highest BCUT2D eigenvalue weighted by molar-refractivity contribution is 5.80. The van der Waals surface area contributed by atoms with Crippen molar-refractivity contribution in [3.05, 3.63) is 60.8 Å². The topological polar surface area (TPSA) is 256 Å². The van der Waals surface area contributed by atoms with Crippen LogP contribution in [0, 0.1) is 11.8 Å². The molecule has 3 heterocycles. The molecule has 0 aromatic rings. The molecule has 14 atom stereocenters. The number of ether oxygens (including phenoxy) is 4. The van der Waals surface area contributed by atoms with Crippen molar-refractivity contribution in [1.82, 2.24) is 0 Å². The number of cyclic esters (lactones) is 1. The quantitative estimate of drug-likeness (QED) is 0.185. The number of carbonyl (C=O) groups excluding carboxylic acids is 2. The van der Waals surface area contributed by atoms with Crippen LogP contribution in [0.25, 0.3) is 0 Å². The van der Waals surface area contributed by atoms with Gasteiger partial charge in [-0.3, -0.25) is 14.4 Å². The molecule has 3 aliphatic rings. The Bertz CT molecular complexity index is 1380. The molecule has 15 heteroatoms. The molecule has 2 bridgehead atoms. The lowest BCUT2D eigenvalue weighted by Gasteiger charge is -2.45.